The molecule has 0 saturated heterocycles. The minimum Gasteiger partial charge on any atom is -0.421 e. The van der Waals surface area contributed by atoms with Crippen molar-refractivity contribution in [3.8, 4) is 11.5 Å². The van der Waals surface area contributed by atoms with E-state index in [4.69, 9.17) is 4.42 Å². The Morgan fingerprint density at radius 3 is 2.71 bits per heavy atom. The molecule has 3 aromatic rings. The maximum Gasteiger partial charge on any atom is 0.247 e. The van der Waals surface area contributed by atoms with E-state index in [-0.39, 0.29) is 5.91 Å². The van der Waals surface area contributed by atoms with E-state index in [0.717, 1.165) is 17.7 Å². The summed E-state index contributed by atoms with van der Waals surface area (Å²) in [6, 6.07) is 17.4. The molecule has 1 heterocycles. The van der Waals surface area contributed by atoms with Gasteiger partial charge in [0.2, 0.25) is 17.7 Å². The van der Waals surface area contributed by atoms with Crippen LogP contribution >= 0.6 is 0 Å². The molecule has 0 atom stereocenters. The second-order valence-corrected chi connectivity index (χ2v) is 5.47. The molecule has 0 unspecified atom stereocenters. The highest BCUT2D eigenvalue weighted by Crippen LogP contribution is 2.18. The fourth-order valence-electron chi connectivity index (χ4n) is 2.36. The summed E-state index contributed by atoms with van der Waals surface area (Å²) < 4.78 is 5.60. The molecule has 0 aliphatic carbocycles. The number of rotatable bonds is 6. The molecule has 2 aromatic carbocycles. The van der Waals surface area contributed by atoms with Gasteiger partial charge in [-0.3, -0.25) is 4.79 Å². The van der Waals surface area contributed by atoms with Crippen LogP contribution < -0.4 is 5.32 Å². The van der Waals surface area contributed by atoms with E-state index in [0.29, 0.717) is 24.6 Å². The third kappa shape index (κ3) is 4.07. The van der Waals surface area contributed by atoms with Crippen molar-refractivity contribution in [3.63, 3.8) is 0 Å². The number of carbonyl (C=O) groups excluding carboxylic acids is 1. The van der Waals surface area contributed by atoms with Gasteiger partial charge >= 0.3 is 0 Å². The van der Waals surface area contributed by atoms with Crippen molar-refractivity contribution in [2.24, 2.45) is 0 Å². The lowest BCUT2D eigenvalue weighted by Crippen LogP contribution is -2.12. The normalized spacial score (nSPS) is 10.5. The number of nitrogens with zero attached hydrogens (tertiary/aromatic N) is 2. The molecule has 122 valence electrons. The lowest BCUT2D eigenvalue weighted by molar-refractivity contribution is -0.116. The average Bonchev–Trinajstić information content (AvgIpc) is 3.10. The van der Waals surface area contributed by atoms with Gasteiger partial charge in [0.15, 0.2) is 0 Å². The summed E-state index contributed by atoms with van der Waals surface area (Å²) >= 11 is 0. The van der Waals surface area contributed by atoms with Crippen molar-refractivity contribution in [1.29, 1.82) is 0 Å². The first-order valence-electron chi connectivity index (χ1n) is 8.01. The number of aryl methyl sites for hydroxylation is 2. The van der Waals surface area contributed by atoms with Gasteiger partial charge < -0.3 is 9.73 Å². The third-order valence-electron chi connectivity index (χ3n) is 3.67. The van der Waals surface area contributed by atoms with E-state index >= 15 is 0 Å². The molecule has 0 aliphatic heterocycles. The summed E-state index contributed by atoms with van der Waals surface area (Å²) in [5.74, 6) is 0.871. The summed E-state index contributed by atoms with van der Waals surface area (Å²) in [4.78, 5) is 12.1. The zero-order valence-electron chi connectivity index (χ0n) is 13.5. The standard InChI is InChI=1S/C19H19N3O2/c1-2-14-7-6-10-16(13-14)20-17(23)11-12-18-21-22-19(24-18)15-8-4-3-5-9-15/h3-10,13H,2,11-12H2,1H3,(H,20,23). The second kappa shape index (κ2) is 7.55. The van der Waals surface area contributed by atoms with Gasteiger partial charge in [-0.2, -0.15) is 0 Å². The Labute approximate surface area is 140 Å². The molecule has 0 fully saturated rings. The predicted molar refractivity (Wildman–Crippen MR) is 92.5 cm³/mol. The Morgan fingerprint density at radius 2 is 1.92 bits per heavy atom. The molecular formula is C19H19N3O2. The van der Waals surface area contributed by atoms with Crippen molar-refractivity contribution in [3.05, 3.63) is 66.1 Å². The molecule has 1 amide bonds. The molecule has 0 aliphatic rings. The van der Waals surface area contributed by atoms with Gasteiger partial charge in [0.25, 0.3) is 0 Å². The van der Waals surface area contributed by atoms with Gasteiger partial charge in [0, 0.05) is 24.1 Å². The molecule has 1 aromatic heterocycles. The number of anilines is 1. The molecular weight excluding hydrogens is 302 g/mol. The first kappa shape index (κ1) is 15.9. The maximum absolute atomic E-state index is 12.1. The Balaban J connectivity index is 1.56. The zero-order valence-corrected chi connectivity index (χ0v) is 13.5. The number of hydrogen-bond acceptors (Lipinski definition) is 4. The Morgan fingerprint density at radius 1 is 1.08 bits per heavy atom. The molecule has 1 N–H and O–H groups in total. The number of hydrogen-bond donors (Lipinski definition) is 1. The van der Waals surface area contributed by atoms with Crippen LogP contribution in [-0.4, -0.2) is 16.1 Å². The van der Waals surface area contributed by atoms with Crippen LogP contribution in [0.25, 0.3) is 11.5 Å². The average molecular weight is 321 g/mol. The quantitative estimate of drug-likeness (QED) is 0.748. The van der Waals surface area contributed by atoms with Gasteiger partial charge in [-0.1, -0.05) is 37.3 Å². The molecule has 3 rings (SSSR count). The number of carbonyl (C=O) groups is 1. The lowest BCUT2D eigenvalue weighted by Gasteiger charge is -2.05. The SMILES string of the molecule is CCc1cccc(NC(=O)CCc2nnc(-c3ccccc3)o2)c1. The highest BCUT2D eigenvalue weighted by Gasteiger charge is 2.10. The lowest BCUT2D eigenvalue weighted by atomic mass is 10.1. The molecule has 5 heteroatoms. The van der Waals surface area contributed by atoms with Crippen LogP contribution in [0.1, 0.15) is 24.8 Å². The van der Waals surface area contributed by atoms with Gasteiger partial charge in [-0.15, -0.1) is 10.2 Å². The van der Waals surface area contributed by atoms with Crippen LogP contribution in [0.2, 0.25) is 0 Å². The fourth-order valence-corrected chi connectivity index (χ4v) is 2.36. The fraction of sp³-hybridized carbons (Fsp3) is 0.211. The van der Waals surface area contributed by atoms with E-state index in [1.54, 1.807) is 0 Å². The topological polar surface area (TPSA) is 68.0 Å². The first-order chi connectivity index (χ1) is 11.7. The van der Waals surface area contributed by atoms with Crippen molar-refractivity contribution >= 4 is 11.6 Å². The van der Waals surface area contributed by atoms with Crippen LogP contribution in [0.3, 0.4) is 0 Å². The molecule has 0 radical (unpaired) electrons. The van der Waals surface area contributed by atoms with Gasteiger partial charge in [0.05, 0.1) is 0 Å². The van der Waals surface area contributed by atoms with Crippen molar-refractivity contribution in [1.82, 2.24) is 10.2 Å². The van der Waals surface area contributed by atoms with Crippen LogP contribution in [0, 0.1) is 0 Å². The van der Waals surface area contributed by atoms with Crippen molar-refractivity contribution < 1.29 is 9.21 Å². The predicted octanol–water partition coefficient (Wildman–Crippen LogP) is 3.87. The van der Waals surface area contributed by atoms with E-state index in [2.05, 4.69) is 22.4 Å². The Bertz CT molecular complexity index is 812. The number of amides is 1. The first-order valence-corrected chi connectivity index (χ1v) is 8.01. The Hall–Kier alpha value is -2.95. The Kier molecular flexibility index (Phi) is 5.01. The number of benzene rings is 2. The van der Waals surface area contributed by atoms with Gasteiger partial charge in [-0.05, 0) is 36.2 Å². The molecule has 24 heavy (non-hydrogen) atoms. The summed E-state index contributed by atoms with van der Waals surface area (Å²) in [6.07, 6.45) is 1.65. The highest BCUT2D eigenvalue weighted by molar-refractivity contribution is 5.90. The minimum atomic E-state index is -0.0669. The minimum absolute atomic E-state index is 0.0669. The molecule has 0 spiro atoms. The summed E-state index contributed by atoms with van der Waals surface area (Å²) in [7, 11) is 0. The van der Waals surface area contributed by atoms with E-state index in [1.165, 1.54) is 5.56 Å². The van der Waals surface area contributed by atoms with Crippen LogP contribution in [0.5, 0.6) is 0 Å². The summed E-state index contributed by atoms with van der Waals surface area (Å²) in [6.45, 7) is 2.08. The van der Waals surface area contributed by atoms with E-state index in [9.17, 15) is 4.79 Å². The van der Waals surface area contributed by atoms with Crippen molar-refractivity contribution in [2.75, 3.05) is 5.32 Å². The van der Waals surface area contributed by atoms with Gasteiger partial charge in [-0.25, -0.2) is 0 Å². The van der Waals surface area contributed by atoms with E-state index < -0.39 is 0 Å². The second-order valence-electron chi connectivity index (χ2n) is 5.47. The number of aromatic nitrogens is 2. The largest absolute Gasteiger partial charge is 0.421 e. The number of nitrogens with one attached hydrogen (secondary N) is 1. The maximum atomic E-state index is 12.1. The highest BCUT2D eigenvalue weighted by atomic mass is 16.4. The summed E-state index contributed by atoms with van der Waals surface area (Å²) in [5.41, 5.74) is 2.88. The van der Waals surface area contributed by atoms with Crippen LogP contribution in [0.4, 0.5) is 5.69 Å². The monoisotopic (exact) mass is 321 g/mol. The molecule has 0 saturated carbocycles. The van der Waals surface area contributed by atoms with Gasteiger partial charge in [0.1, 0.15) is 0 Å². The van der Waals surface area contributed by atoms with E-state index in [1.807, 2.05) is 54.6 Å². The zero-order chi connectivity index (χ0) is 16.8. The molecule has 0 bridgehead atoms. The van der Waals surface area contributed by atoms with Crippen LogP contribution in [0.15, 0.2) is 59.0 Å². The summed E-state index contributed by atoms with van der Waals surface area (Å²) in [5, 5.41) is 10.9. The smallest absolute Gasteiger partial charge is 0.247 e. The van der Waals surface area contributed by atoms with Crippen molar-refractivity contribution in [2.45, 2.75) is 26.2 Å². The molecule has 5 nitrogen and oxygen atoms in total. The third-order valence-corrected chi connectivity index (χ3v) is 3.67. The van der Waals surface area contributed by atoms with Crippen LogP contribution in [-0.2, 0) is 17.6 Å².